The van der Waals surface area contributed by atoms with E-state index in [1.54, 1.807) is 6.08 Å². The van der Waals surface area contributed by atoms with Gasteiger partial charge in [-0.25, -0.2) is 0 Å². The Balaban J connectivity index is 1.87. The first-order valence-corrected chi connectivity index (χ1v) is 9.83. The minimum Gasteiger partial charge on any atom is -0.312 e. The lowest BCUT2D eigenvalue weighted by molar-refractivity contribution is -0.112. The molecule has 1 N–H and O–H groups in total. The molecule has 1 amide bonds. The van der Waals surface area contributed by atoms with Gasteiger partial charge in [0, 0.05) is 19.6 Å². The summed E-state index contributed by atoms with van der Waals surface area (Å²) in [6.45, 7) is 0. The summed E-state index contributed by atoms with van der Waals surface area (Å²) >= 11 is 6.25. The molecule has 0 unspecified atom stereocenters. The molecule has 1 aliphatic rings. The molecule has 0 bridgehead atoms. The van der Waals surface area contributed by atoms with Crippen molar-refractivity contribution in [1.29, 1.82) is 10.5 Å². The number of hydrogen-bond donors (Lipinski definition) is 1. The van der Waals surface area contributed by atoms with Gasteiger partial charge in [-0.15, -0.1) is 22.7 Å². The average Bonchev–Trinajstić information content (AvgIpc) is 3.14. The van der Waals surface area contributed by atoms with Crippen LogP contribution in [-0.4, -0.2) is 5.91 Å². The lowest BCUT2D eigenvalue weighted by Crippen LogP contribution is -2.13. The number of nitrogens with one attached hydrogen (secondary N) is 1. The third-order valence-electron chi connectivity index (χ3n) is 3.75. The van der Waals surface area contributed by atoms with Crippen LogP contribution in [0.25, 0.3) is 6.08 Å². The number of anilines is 1. The molecule has 24 heavy (non-hydrogen) atoms. The van der Waals surface area contributed by atoms with Gasteiger partial charge in [-0.3, -0.25) is 4.79 Å². The molecule has 0 aliphatic heterocycles. The van der Waals surface area contributed by atoms with Gasteiger partial charge >= 0.3 is 0 Å². The molecule has 0 radical (unpaired) electrons. The fraction of sp³-hybridized carbons (Fsp3) is 0.235. The second kappa shape index (κ2) is 7.31. The number of nitrogens with zero attached hydrogens (tertiary/aromatic N) is 2. The Morgan fingerprint density at radius 1 is 1.33 bits per heavy atom. The summed E-state index contributed by atoms with van der Waals surface area (Å²) in [4.78, 5) is 14.4. The summed E-state index contributed by atoms with van der Waals surface area (Å²) in [6.07, 6.45) is 5.58. The van der Waals surface area contributed by atoms with Crippen LogP contribution < -0.4 is 5.32 Å². The Kier molecular flexibility index (Phi) is 5.15. The number of thiophene rings is 2. The van der Waals surface area contributed by atoms with E-state index in [2.05, 4.69) is 27.3 Å². The number of carbonyl (C=O) groups excluding carboxylic acids is 1. The number of rotatable bonds is 3. The van der Waals surface area contributed by atoms with Crippen molar-refractivity contribution in [2.75, 3.05) is 5.32 Å². The SMILES string of the molecule is N#C/C(=C\c1cc(Br)cs1)C(=O)Nc1sc2c(c1C#N)CCCC2. The van der Waals surface area contributed by atoms with Gasteiger partial charge in [-0.1, -0.05) is 0 Å². The van der Waals surface area contributed by atoms with E-state index in [1.165, 1.54) is 27.6 Å². The Hall–Kier alpha value is -1.93. The van der Waals surface area contributed by atoms with Gasteiger partial charge in [-0.05, 0) is 59.3 Å². The first-order valence-electron chi connectivity index (χ1n) is 7.34. The summed E-state index contributed by atoms with van der Waals surface area (Å²) in [6, 6.07) is 6.00. The number of hydrogen-bond acceptors (Lipinski definition) is 5. The molecule has 4 nitrogen and oxygen atoms in total. The van der Waals surface area contributed by atoms with E-state index >= 15 is 0 Å². The highest BCUT2D eigenvalue weighted by molar-refractivity contribution is 9.10. The van der Waals surface area contributed by atoms with Crippen molar-refractivity contribution < 1.29 is 4.79 Å². The molecule has 2 aromatic heterocycles. The Morgan fingerprint density at radius 3 is 2.79 bits per heavy atom. The van der Waals surface area contributed by atoms with Crippen LogP contribution in [0.3, 0.4) is 0 Å². The maximum atomic E-state index is 12.4. The lowest BCUT2D eigenvalue weighted by Gasteiger charge is -2.09. The molecule has 0 saturated carbocycles. The molecule has 120 valence electrons. The van der Waals surface area contributed by atoms with Crippen molar-refractivity contribution in [2.24, 2.45) is 0 Å². The van der Waals surface area contributed by atoms with Crippen LogP contribution in [0.2, 0.25) is 0 Å². The number of halogens is 1. The lowest BCUT2D eigenvalue weighted by atomic mass is 9.96. The van der Waals surface area contributed by atoms with E-state index in [-0.39, 0.29) is 5.57 Å². The minimum atomic E-state index is -0.475. The molecular formula is C17H12BrN3OS2. The van der Waals surface area contributed by atoms with Crippen molar-refractivity contribution in [3.8, 4) is 12.1 Å². The summed E-state index contributed by atoms with van der Waals surface area (Å²) in [7, 11) is 0. The number of fused-ring (bicyclic) bond motifs is 1. The third kappa shape index (κ3) is 3.44. The van der Waals surface area contributed by atoms with Gasteiger partial charge in [0.1, 0.15) is 22.7 Å². The first-order chi connectivity index (χ1) is 11.6. The second-order valence-corrected chi connectivity index (χ2v) is 8.28. The first kappa shape index (κ1) is 16.9. The van der Waals surface area contributed by atoms with Gasteiger partial charge in [0.2, 0.25) is 0 Å². The summed E-state index contributed by atoms with van der Waals surface area (Å²) in [5.41, 5.74) is 1.65. The number of aryl methyl sites for hydroxylation is 1. The minimum absolute atomic E-state index is 0.0274. The molecule has 0 atom stereocenters. The zero-order chi connectivity index (χ0) is 17.1. The van der Waals surface area contributed by atoms with Crippen LogP contribution in [-0.2, 0) is 17.6 Å². The number of carbonyl (C=O) groups is 1. The van der Waals surface area contributed by atoms with E-state index in [9.17, 15) is 15.3 Å². The fourth-order valence-electron chi connectivity index (χ4n) is 2.64. The van der Waals surface area contributed by atoms with Crippen LogP contribution >= 0.6 is 38.6 Å². The Morgan fingerprint density at radius 2 is 2.12 bits per heavy atom. The molecule has 3 rings (SSSR count). The van der Waals surface area contributed by atoms with E-state index in [0.717, 1.165) is 40.6 Å². The molecule has 2 aromatic rings. The van der Waals surface area contributed by atoms with Gasteiger partial charge in [-0.2, -0.15) is 10.5 Å². The smallest absolute Gasteiger partial charge is 0.267 e. The highest BCUT2D eigenvalue weighted by Gasteiger charge is 2.22. The zero-order valence-corrected chi connectivity index (χ0v) is 15.8. The normalized spacial score (nSPS) is 13.7. The highest BCUT2D eigenvalue weighted by Crippen LogP contribution is 2.37. The van der Waals surface area contributed by atoms with Crippen molar-refractivity contribution >= 4 is 55.6 Å². The number of nitriles is 2. The second-order valence-electron chi connectivity index (χ2n) is 5.32. The van der Waals surface area contributed by atoms with E-state index in [0.29, 0.717) is 10.6 Å². The number of amides is 1. The molecule has 0 spiro atoms. The predicted octanol–water partition coefficient (Wildman–Crippen LogP) is 4.87. The van der Waals surface area contributed by atoms with Gasteiger partial charge in [0.05, 0.1) is 5.56 Å². The largest absolute Gasteiger partial charge is 0.312 e. The zero-order valence-electron chi connectivity index (χ0n) is 12.6. The van der Waals surface area contributed by atoms with Crippen LogP contribution in [0.1, 0.15) is 33.7 Å². The third-order valence-corrected chi connectivity index (χ3v) is 6.60. The van der Waals surface area contributed by atoms with Crippen LogP contribution in [0.5, 0.6) is 0 Å². The van der Waals surface area contributed by atoms with Gasteiger partial charge < -0.3 is 5.32 Å². The van der Waals surface area contributed by atoms with E-state index < -0.39 is 5.91 Å². The van der Waals surface area contributed by atoms with Crippen molar-refractivity contribution in [1.82, 2.24) is 0 Å². The van der Waals surface area contributed by atoms with E-state index in [4.69, 9.17) is 0 Å². The van der Waals surface area contributed by atoms with Crippen molar-refractivity contribution in [3.05, 3.63) is 42.4 Å². The fourth-order valence-corrected chi connectivity index (χ4v) is 5.25. The molecular weight excluding hydrogens is 406 g/mol. The van der Waals surface area contributed by atoms with Crippen LogP contribution in [0.15, 0.2) is 21.5 Å². The quantitative estimate of drug-likeness (QED) is 0.571. The van der Waals surface area contributed by atoms with Crippen molar-refractivity contribution in [2.45, 2.75) is 25.7 Å². The molecule has 2 heterocycles. The van der Waals surface area contributed by atoms with Gasteiger partial charge in [0.25, 0.3) is 5.91 Å². The average molecular weight is 418 g/mol. The summed E-state index contributed by atoms with van der Waals surface area (Å²) in [5, 5.41) is 23.9. The van der Waals surface area contributed by atoms with Crippen LogP contribution in [0, 0.1) is 22.7 Å². The predicted molar refractivity (Wildman–Crippen MR) is 99.9 cm³/mol. The maximum absolute atomic E-state index is 12.4. The van der Waals surface area contributed by atoms with Crippen LogP contribution in [0.4, 0.5) is 5.00 Å². The summed E-state index contributed by atoms with van der Waals surface area (Å²) < 4.78 is 0.911. The standard InChI is InChI=1S/C17H12BrN3OS2/c18-11-6-12(23-9-11)5-10(7-19)16(22)21-17-14(8-20)13-3-1-2-4-15(13)24-17/h5-6,9H,1-4H2,(H,21,22)/b10-5+. The Labute approximate surface area is 156 Å². The monoisotopic (exact) mass is 417 g/mol. The molecule has 7 heteroatoms. The van der Waals surface area contributed by atoms with Crippen molar-refractivity contribution in [3.63, 3.8) is 0 Å². The molecule has 0 aromatic carbocycles. The topological polar surface area (TPSA) is 76.7 Å². The Bertz CT molecular complexity index is 911. The molecule has 0 fully saturated rings. The highest BCUT2D eigenvalue weighted by atomic mass is 79.9. The van der Waals surface area contributed by atoms with Gasteiger partial charge in [0.15, 0.2) is 0 Å². The van der Waals surface area contributed by atoms with E-state index in [1.807, 2.05) is 17.5 Å². The summed E-state index contributed by atoms with van der Waals surface area (Å²) in [5.74, 6) is -0.475. The molecule has 0 saturated heterocycles. The maximum Gasteiger partial charge on any atom is 0.267 e. The molecule has 1 aliphatic carbocycles.